The van der Waals surface area contributed by atoms with Crippen molar-refractivity contribution in [1.29, 1.82) is 0 Å². The van der Waals surface area contributed by atoms with Crippen LogP contribution in [0.25, 0.3) is 5.69 Å². The van der Waals surface area contributed by atoms with Crippen LogP contribution in [0.1, 0.15) is 29.0 Å². The van der Waals surface area contributed by atoms with Gasteiger partial charge in [-0.15, -0.1) is 0 Å². The Morgan fingerprint density at radius 3 is 2.44 bits per heavy atom. The first-order valence-corrected chi connectivity index (χ1v) is 13.5. The van der Waals surface area contributed by atoms with E-state index in [4.69, 9.17) is 12.2 Å². The van der Waals surface area contributed by atoms with Gasteiger partial charge in [-0.3, -0.25) is 9.71 Å². The monoisotopic (exact) mass is 521 g/mol. The molecule has 4 aromatic rings. The van der Waals surface area contributed by atoms with E-state index < -0.39 is 10.0 Å². The van der Waals surface area contributed by atoms with E-state index >= 15 is 0 Å². The molecule has 1 saturated heterocycles. The number of sulfonamides is 1. The van der Waals surface area contributed by atoms with Crippen LogP contribution < -0.4 is 14.9 Å². The van der Waals surface area contributed by atoms with Crippen molar-refractivity contribution in [2.45, 2.75) is 19.0 Å². The van der Waals surface area contributed by atoms with E-state index in [-0.39, 0.29) is 17.9 Å². The zero-order valence-electron chi connectivity index (χ0n) is 19.6. The van der Waals surface area contributed by atoms with Gasteiger partial charge in [0.05, 0.1) is 23.7 Å². The Balaban J connectivity index is 1.63. The summed E-state index contributed by atoms with van der Waals surface area (Å²) in [5.74, 6) is -0.303. The van der Waals surface area contributed by atoms with Crippen LogP contribution in [0.3, 0.4) is 0 Å². The number of aromatic nitrogens is 2. The molecule has 5 rings (SSSR count). The topological polar surface area (TPSA) is 79.3 Å². The fourth-order valence-corrected chi connectivity index (χ4v) is 5.49. The van der Waals surface area contributed by atoms with Crippen LogP contribution in [0.15, 0.2) is 85.2 Å². The standard InChI is InChI=1S/C26H24FN5O2S2/c1-17-16-20(12-13-21(17)30-36(2,33)34)32-25(24(29-26(32)35)22-6-3-4-14-28-22)23-7-5-15-31(23)19-10-8-18(27)9-11-19/h3-16,24-25,30H,1-2H3,(H,29,35). The molecule has 0 bridgehead atoms. The largest absolute Gasteiger partial charge is 0.351 e. The van der Waals surface area contributed by atoms with Gasteiger partial charge in [0.1, 0.15) is 11.9 Å². The maximum atomic E-state index is 13.6. The van der Waals surface area contributed by atoms with Crippen molar-refractivity contribution >= 4 is 38.7 Å². The molecular formula is C26H24FN5O2S2. The van der Waals surface area contributed by atoms with E-state index in [2.05, 4.69) is 15.0 Å². The molecule has 2 N–H and O–H groups in total. The highest BCUT2D eigenvalue weighted by molar-refractivity contribution is 7.92. The maximum absolute atomic E-state index is 13.6. The van der Waals surface area contributed by atoms with Gasteiger partial charge < -0.3 is 14.8 Å². The van der Waals surface area contributed by atoms with Crippen molar-refractivity contribution in [3.05, 3.63) is 108 Å². The van der Waals surface area contributed by atoms with Gasteiger partial charge in [-0.05, 0) is 91.4 Å². The second kappa shape index (κ2) is 9.36. The number of anilines is 2. The number of pyridine rings is 1. The lowest BCUT2D eigenvalue weighted by molar-refractivity contribution is 0.549. The van der Waals surface area contributed by atoms with Gasteiger partial charge in [0, 0.05) is 29.5 Å². The Kier molecular flexibility index (Phi) is 6.23. The number of benzene rings is 2. The van der Waals surface area contributed by atoms with Crippen LogP contribution in [-0.4, -0.2) is 29.3 Å². The van der Waals surface area contributed by atoms with Crippen LogP contribution in [0.2, 0.25) is 0 Å². The molecule has 0 amide bonds. The average Bonchev–Trinajstić information content (AvgIpc) is 3.45. The third-order valence-corrected chi connectivity index (χ3v) is 6.97. The number of aryl methyl sites for hydroxylation is 1. The minimum atomic E-state index is -3.41. The Morgan fingerprint density at radius 2 is 1.78 bits per heavy atom. The van der Waals surface area contributed by atoms with Crippen LogP contribution in [0, 0.1) is 12.7 Å². The highest BCUT2D eigenvalue weighted by Gasteiger charge is 2.42. The summed E-state index contributed by atoms with van der Waals surface area (Å²) in [7, 11) is -3.41. The predicted octanol–water partition coefficient (Wildman–Crippen LogP) is 4.87. The molecule has 0 saturated carbocycles. The lowest BCUT2D eigenvalue weighted by Gasteiger charge is -2.29. The number of rotatable bonds is 6. The van der Waals surface area contributed by atoms with E-state index in [9.17, 15) is 12.8 Å². The number of hydrogen-bond donors (Lipinski definition) is 2. The molecule has 2 atom stereocenters. The number of hydrogen-bond acceptors (Lipinski definition) is 4. The van der Waals surface area contributed by atoms with Crippen LogP contribution in [-0.2, 0) is 10.0 Å². The molecule has 0 spiro atoms. The van der Waals surface area contributed by atoms with E-state index in [1.165, 1.54) is 12.1 Å². The van der Waals surface area contributed by atoms with Gasteiger partial charge in [0.25, 0.3) is 0 Å². The molecular weight excluding hydrogens is 497 g/mol. The molecule has 2 unspecified atom stereocenters. The lowest BCUT2D eigenvalue weighted by atomic mass is 10.0. The fourth-order valence-electron chi connectivity index (χ4n) is 4.52. The van der Waals surface area contributed by atoms with Crippen LogP contribution in [0.5, 0.6) is 0 Å². The number of nitrogens with zero attached hydrogens (tertiary/aromatic N) is 3. The van der Waals surface area contributed by atoms with Gasteiger partial charge in [0.15, 0.2) is 5.11 Å². The van der Waals surface area contributed by atoms with E-state index in [0.29, 0.717) is 10.8 Å². The molecule has 1 aliphatic heterocycles. The van der Waals surface area contributed by atoms with E-state index in [1.54, 1.807) is 24.4 Å². The highest BCUT2D eigenvalue weighted by Crippen LogP contribution is 2.42. The zero-order chi connectivity index (χ0) is 25.4. The average molecular weight is 522 g/mol. The molecule has 0 aliphatic carbocycles. The SMILES string of the molecule is Cc1cc(N2C(=S)NC(c3ccccn3)C2c2cccn2-c2ccc(F)cc2)ccc1NS(C)(=O)=O. The summed E-state index contributed by atoms with van der Waals surface area (Å²) in [6.07, 6.45) is 4.80. The van der Waals surface area contributed by atoms with E-state index in [1.807, 2.05) is 65.1 Å². The van der Waals surface area contributed by atoms with Crippen molar-refractivity contribution in [2.24, 2.45) is 0 Å². The Hall–Kier alpha value is -3.76. The predicted molar refractivity (Wildman–Crippen MR) is 143 cm³/mol. The Morgan fingerprint density at radius 1 is 1.03 bits per heavy atom. The number of thiocarbonyl (C=S) groups is 1. The normalized spacial score (nSPS) is 17.8. The van der Waals surface area contributed by atoms with Crippen molar-refractivity contribution in [2.75, 3.05) is 15.9 Å². The molecule has 184 valence electrons. The summed E-state index contributed by atoms with van der Waals surface area (Å²) < 4.78 is 41.7. The molecule has 36 heavy (non-hydrogen) atoms. The summed E-state index contributed by atoms with van der Waals surface area (Å²) in [5, 5.41) is 3.95. The molecule has 2 aromatic heterocycles. The van der Waals surface area contributed by atoms with Crippen molar-refractivity contribution < 1.29 is 12.8 Å². The van der Waals surface area contributed by atoms with Gasteiger partial charge in [0.2, 0.25) is 10.0 Å². The minimum absolute atomic E-state index is 0.262. The van der Waals surface area contributed by atoms with Gasteiger partial charge >= 0.3 is 0 Å². The summed E-state index contributed by atoms with van der Waals surface area (Å²) in [6, 6.07) is 21.0. The first-order chi connectivity index (χ1) is 17.2. The summed E-state index contributed by atoms with van der Waals surface area (Å²) in [4.78, 5) is 6.60. The van der Waals surface area contributed by atoms with E-state index in [0.717, 1.165) is 34.6 Å². The second-order valence-corrected chi connectivity index (χ2v) is 10.8. The Labute approximate surface area is 214 Å². The third kappa shape index (κ3) is 4.69. The van der Waals surface area contributed by atoms with Gasteiger partial charge in [-0.2, -0.15) is 0 Å². The molecule has 10 heteroatoms. The highest BCUT2D eigenvalue weighted by atomic mass is 32.2. The number of nitrogens with one attached hydrogen (secondary N) is 2. The third-order valence-electron chi connectivity index (χ3n) is 6.07. The molecule has 1 fully saturated rings. The van der Waals surface area contributed by atoms with Crippen molar-refractivity contribution in [1.82, 2.24) is 14.9 Å². The molecule has 0 radical (unpaired) electrons. The lowest BCUT2D eigenvalue weighted by Crippen LogP contribution is -2.30. The summed E-state index contributed by atoms with van der Waals surface area (Å²) in [5.41, 5.74) is 4.64. The van der Waals surface area contributed by atoms with Crippen molar-refractivity contribution in [3.8, 4) is 5.69 Å². The molecule has 2 aromatic carbocycles. The second-order valence-electron chi connectivity index (χ2n) is 8.65. The quantitative estimate of drug-likeness (QED) is 0.353. The van der Waals surface area contributed by atoms with Crippen molar-refractivity contribution in [3.63, 3.8) is 0 Å². The zero-order valence-corrected chi connectivity index (χ0v) is 21.2. The first kappa shape index (κ1) is 24.0. The molecule has 3 heterocycles. The van der Waals surface area contributed by atoms with Gasteiger partial charge in [-0.25, -0.2) is 12.8 Å². The maximum Gasteiger partial charge on any atom is 0.229 e. The minimum Gasteiger partial charge on any atom is -0.351 e. The first-order valence-electron chi connectivity index (χ1n) is 11.2. The van der Waals surface area contributed by atoms with Crippen LogP contribution in [0.4, 0.5) is 15.8 Å². The molecule has 1 aliphatic rings. The smallest absolute Gasteiger partial charge is 0.229 e. The van der Waals surface area contributed by atoms with Gasteiger partial charge in [-0.1, -0.05) is 6.07 Å². The summed E-state index contributed by atoms with van der Waals surface area (Å²) >= 11 is 5.81. The fraction of sp³-hybridized carbons (Fsp3) is 0.154. The Bertz CT molecular complexity index is 1520. The number of halogens is 1. The van der Waals surface area contributed by atoms with Crippen LogP contribution >= 0.6 is 12.2 Å². The molecule has 7 nitrogen and oxygen atoms in total. The summed E-state index contributed by atoms with van der Waals surface area (Å²) in [6.45, 7) is 1.84.